The first-order chi connectivity index (χ1) is 6.27. The molecule has 0 atom stereocenters. The van der Waals surface area contributed by atoms with Crippen LogP contribution < -0.4 is 5.73 Å². The normalized spacial score (nSPS) is 10.2. The van der Waals surface area contributed by atoms with Gasteiger partial charge in [-0.25, -0.2) is 0 Å². The SMILES string of the molecule is Cc1cc(C#N)ccc1C=CCN. The van der Waals surface area contributed by atoms with Crippen LogP contribution in [-0.2, 0) is 0 Å². The molecule has 0 heterocycles. The predicted octanol–water partition coefficient (Wildman–Crippen LogP) is 1.84. The van der Waals surface area contributed by atoms with Crippen molar-refractivity contribution in [1.29, 1.82) is 5.26 Å². The zero-order valence-corrected chi connectivity index (χ0v) is 7.62. The van der Waals surface area contributed by atoms with Crippen molar-refractivity contribution < 1.29 is 0 Å². The number of hydrogen-bond acceptors (Lipinski definition) is 2. The van der Waals surface area contributed by atoms with Gasteiger partial charge in [-0.05, 0) is 30.2 Å². The molecule has 0 aliphatic rings. The minimum atomic E-state index is 0.541. The molecule has 0 unspecified atom stereocenters. The first kappa shape index (κ1) is 9.50. The molecule has 2 heteroatoms. The Morgan fingerprint density at radius 1 is 1.54 bits per heavy atom. The third kappa shape index (κ3) is 2.43. The van der Waals surface area contributed by atoms with E-state index in [4.69, 9.17) is 11.0 Å². The Morgan fingerprint density at radius 2 is 2.31 bits per heavy atom. The van der Waals surface area contributed by atoms with Crippen molar-refractivity contribution in [3.8, 4) is 6.07 Å². The molecule has 0 aliphatic heterocycles. The summed E-state index contributed by atoms with van der Waals surface area (Å²) in [4.78, 5) is 0. The molecule has 2 nitrogen and oxygen atoms in total. The Balaban J connectivity index is 3.00. The molecule has 0 amide bonds. The van der Waals surface area contributed by atoms with Gasteiger partial charge in [-0.1, -0.05) is 18.2 Å². The maximum atomic E-state index is 8.64. The largest absolute Gasteiger partial charge is 0.327 e. The molecule has 0 aromatic heterocycles. The molecule has 1 rings (SSSR count). The van der Waals surface area contributed by atoms with E-state index < -0.39 is 0 Å². The van der Waals surface area contributed by atoms with E-state index in [0.717, 1.165) is 11.1 Å². The van der Waals surface area contributed by atoms with Crippen LogP contribution in [0.1, 0.15) is 16.7 Å². The van der Waals surface area contributed by atoms with Gasteiger partial charge in [0.05, 0.1) is 11.6 Å². The van der Waals surface area contributed by atoms with Crippen molar-refractivity contribution in [1.82, 2.24) is 0 Å². The van der Waals surface area contributed by atoms with Gasteiger partial charge in [-0.15, -0.1) is 0 Å². The highest BCUT2D eigenvalue weighted by atomic mass is 14.5. The maximum Gasteiger partial charge on any atom is 0.0991 e. The minimum absolute atomic E-state index is 0.541. The highest BCUT2D eigenvalue weighted by molar-refractivity contribution is 5.55. The summed E-state index contributed by atoms with van der Waals surface area (Å²) in [5, 5.41) is 8.64. The Labute approximate surface area is 78.3 Å². The van der Waals surface area contributed by atoms with Crippen LogP contribution in [-0.4, -0.2) is 6.54 Å². The summed E-state index contributed by atoms with van der Waals surface area (Å²) in [5.74, 6) is 0. The summed E-state index contributed by atoms with van der Waals surface area (Å²) < 4.78 is 0. The van der Waals surface area contributed by atoms with Crippen LogP contribution >= 0.6 is 0 Å². The molecule has 13 heavy (non-hydrogen) atoms. The standard InChI is InChI=1S/C11H12N2/c1-9-7-10(8-13)4-5-11(9)3-2-6-12/h2-5,7H,6,12H2,1H3. The number of benzene rings is 1. The van der Waals surface area contributed by atoms with E-state index in [9.17, 15) is 0 Å². The molecule has 0 aliphatic carbocycles. The molecule has 0 saturated heterocycles. The average Bonchev–Trinajstić information content (AvgIpc) is 2.16. The van der Waals surface area contributed by atoms with E-state index in [2.05, 4.69) is 6.07 Å². The van der Waals surface area contributed by atoms with E-state index in [-0.39, 0.29) is 0 Å². The second-order valence-electron chi connectivity index (χ2n) is 2.82. The Kier molecular flexibility index (Phi) is 3.24. The van der Waals surface area contributed by atoms with Crippen LogP contribution in [0.15, 0.2) is 24.3 Å². The molecule has 0 radical (unpaired) electrons. The fourth-order valence-corrected chi connectivity index (χ4v) is 1.13. The summed E-state index contributed by atoms with van der Waals surface area (Å²) in [5.41, 5.74) is 8.26. The molecule has 66 valence electrons. The second kappa shape index (κ2) is 4.44. The van der Waals surface area contributed by atoms with Crippen LogP contribution in [0.5, 0.6) is 0 Å². The van der Waals surface area contributed by atoms with E-state index in [1.54, 1.807) is 0 Å². The number of nitrogens with two attached hydrogens (primary N) is 1. The van der Waals surface area contributed by atoms with Gasteiger partial charge >= 0.3 is 0 Å². The van der Waals surface area contributed by atoms with Crippen LogP contribution in [0, 0.1) is 18.3 Å². The highest BCUT2D eigenvalue weighted by Gasteiger charge is 1.95. The fraction of sp³-hybridized carbons (Fsp3) is 0.182. The van der Waals surface area contributed by atoms with E-state index in [1.807, 2.05) is 37.3 Å². The van der Waals surface area contributed by atoms with Crippen molar-refractivity contribution in [3.05, 3.63) is 41.0 Å². The number of aryl methyl sites for hydroxylation is 1. The Bertz CT molecular complexity index is 359. The lowest BCUT2D eigenvalue weighted by atomic mass is 10.1. The molecule has 1 aromatic carbocycles. The molecular formula is C11H12N2. The van der Waals surface area contributed by atoms with Gasteiger partial charge in [0, 0.05) is 6.54 Å². The summed E-state index contributed by atoms with van der Waals surface area (Å²) in [6.45, 7) is 2.52. The fourth-order valence-electron chi connectivity index (χ4n) is 1.13. The van der Waals surface area contributed by atoms with Gasteiger partial charge in [-0.3, -0.25) is 0 Å². The summed E-state index contributed by atoms with van der Waals surface area (Å²) in [6, 6.07) is 7.71. The molecule has 0 bridgehead atoms. The topological polar surface area (TPSA) is 49.8 Å². The first-order valence-electron chi connectivity index (χ1n) is 4.15. The van der Waals surface area contributed by atoms with Gasteiger partial charge in [0.2, 0.25) is 0 Å². The lowest BCUT2D eigenvalue weighted by Gasteiger charge is -1.99. The number of nitrogens with zero attached hydrogens (tertiary/aromatic N) is 1. The van der Waals surface area contributed by atoms with Crippen molar-refractivity contribution >= 4 is 6.08 Å². The van der Waals surface area contributed by atoms with Gasteiger partial charge < -0.3 is 5.73 Å². The maximum absolute atomic E-state index is 8.64. The van der Waals surface area contributed by atoms with E-state index >= 15 is 0 Å². The van der Waals surface area contributed by atoms with Gasteiger partial charge in [0.1, 0.15) is 0 Å². The first-order valence-corrected chi connectivity index (χ1v) is 4.15. The third-order valence-electron chi connectivity index (χ3n) is 1.83. The number of nitriles is 1. The van der Waals surface area contributed by atoms with Gasteiger partial charge in [0.15, 0.2) is 0 Å². The van der Waals surface area contributed by atoms with Crippen molar-refractivity contribution in [2.45, 2.75) is 6.92 Å². The quantitative estimate of drug-likeness (QED) is 0.740. The summed E-state index contributed by atoms with van der Waals surface area (Å²) >= 11 is 0. The lowest BCUT2D eigenvalue weighted by molar-refractivity contribution is 1.26. The van der Waals surface area contributed by atoms with Crippen molar-refractivity contribution in [2.75, 3.05) is 6.54 Å². The molecule has 0 saturated carbocycles. The zero-order chi connectivity index (χ0) is 9.68. The van der Waals surface area contributed by atoms with Crippen LogP contribution in [0.4, 0.5) is 0 Å². The second-order valence-corrected chi connectivity index (χ2v) is 2.82. The Hall–Kier alpha value is -1.59. The smallest absolute Gasteiger partial charge is 0.0991 e. The molecular weight excluding hydrogens is 160 g/mol. The van der Waals surface area contributed by atoms with Crippen LogP contribution in [0.3, 0.4) is 0 Å². The van der Waals surface area contributed by atoms with Gasteiger partial charge in [-0.2, -0.15) is 5.26 Å². The van der Waals surface area contributed by atoms with E-state index in [0.29, 0.717) is 12.1 Å². The van der Waals surface area contributed by atoms with Crippen molar-refractivity contribution in [3.63, 3.8) is 0 Å². The van der Waals surface area contributed by atoms with E-state index in [1.165, 1.54) is 0 Å². The van der Waals surface area contributed by atoms with Crippen LogP contribution in [0.25, 0.3) is 6.08 Å². The molecule has 0 spiro atoms. The average molecular weight is 172 g/mol. The highest BCUT2D eigenvalue weighted by Crippen LogP contribution is 2.11. The predicted molar refractivity (Wildman–Crippen MR) is 54.0 cm³/mol. The number of hydrogen-bond donors (Lipinski definition) is 1. The summed E-state index contributed by atoms with van der Waals surface area (Å²) in [6.07, 6.45) is 3.87. The Morgan fingerprint density at radius 3 is 2.85 bits per heavy atom. The van der Waals surface area contributed by atoms with Crippen molar-refractivity contribution in [2.24, 2.45) is 5.73 Å². The lowest BCUT2D eigenvalue weighted by Crippen LogP contribution is -1.92. The van der Waals surface area contributed by atoms with Crippen LogP contribution in [0.2, 0.25) is 0 Å². The number of rotatable bonds is 2. The van der Waals surface area contributed by atoms with Gasteiger partial charge in [0.25, 0.3) is 0 Å². The summed E-state index contributed by atoms with van der Waals surface area (Å²) in [7, 11) is 0. The zero-order valence-electron chi connectivity index (χ0n) is 7.62. The molecule has 0 fully saturated rings. The molecule has 1 aromatic rings. The third-order valence-corrected chi connectivity index (χ3v) is 1.83. The minimum Gasteiger partial charge on any atom is -0.327 e. The monoisotopic (exact) mass is 172 g/mol. The molecule has 2 N–H and O–H groups in total.